The Labute approximate surface area is 158 Å². The summed E-state index contributed by atoms with van der Waals surface area (Å²) in [6.45, 7) is 7.35. The monoisotopic (exact) mass is 359 g/mol. The van der Waals surface area contributed by atoms with Crippen molar-refractivity contribution in [2.75, 3.05) is 32.8 Å². The molecule has 4 heteroatoms. The van der Waals surface area contributed by atoms with Crippen LogP contribution in [0.25, 0.3) is 0 Å². The van der Waals surface area contributed by atoms with E-state index in [9.17, 15) is 4.79 Å². The Hall–Kier alpha value is -1.55. The lowest BCUT2D eigenvalue weighted by molar-refractivity contribution is -0.909. The van der Waals surface area contributed by atoms with Gasteiger partial charge in [-0.05, 0) is 49.9 Å². The molecular weight excluding hydrogens is 324 g/mol. The summed E-state index contributed by atoms with van der Waals surface area (Å²) in [6.07, 6.45) is 9.71. The fourth-order valence-electron chi connectivity index (χ4n) is 4.50. The zero-order valence-electron chi connectivity index (χ0n) is 16.3. The maximum Gasteiger partial charge on any atom is 0.251 e. The quantitative estimate of drug-likeness (QED) is 0.786. The Bertz CT molecular complexity index is 544. The van der Waals surface area contributed by atoms with Crippen LogP contribution in [0.15, 0.2) is 24.3 Å². The molecule has 1 aliphatic carbocycles. The first kappa shape index (κ1) is 19.2. The van der Waals surface area contributed by atoms with Crippen molar-refractivity contribution in [1.82, 2.24) is 5.32 Å². The Morgan fingerprint density at radius 1 is 1.04 bits per heavy atom. The first-order chi connectivity index (χ1) is 12.7. The van der Waals surface area contributed by atoms with Gasteiger partial charge in [0.15, 0.2) is 0 Å². The molecule has 3 rings (SSSR count). The molecular formula is C22H35N2O2+. The van der Waals surface area contributed by atoms with E-state index in [1.54, 1.807) is 4.90 Å². The minimum absolute atomic E-state index is 0.0324. The largest absolute Gasteiger partial charge is 0.494 e. The number of piperidine rings is 1. The highest BCUT2D eigenvalue weighted by Crippen LogP contribution is 2.22. The Morgan fingerprint density at radius 3 is 2.38 bits per heavy atom. The molecule has 1 saturated carbocycles. The number of nitrogens with one attached hydrogen (secondary N) is 2. The number of amides is 1. The fourth-order valence-corrected chi connectivity index (χ4v) is 4.50. The molecule has 1 amide bonds. The normalized spacial score (nSPS) is 24.2. The number of hydrogen-bond acceptors (Lipinski definition) is 2. The fraction of sp³-hybridized carbons (Fsp3) is 0.682. The van der Waals surface area contributed by atoms with Crippen LogP contribution < -0.4 is 15.0 Å². The van der Waals surface area contributed by atoms with Gasteiger partial charge in [0, 0.05) is 30.9 Å². The van der Waals surface area contributed by atoms with Gasteiger partial charge in [-0.2, -0.15) is 0 Å². The van der Waals surface area contributed by atoms with Crippen molar-refractivity contribution in [1.29, 1.82) is 0 Å². The number of likely N-dealkylation sites (tertiary alicyclic amines) is 1. The third-order valence-electron chi connectivity index (χ3n) is 6.09. The van der Waals surface area contributed by atoms with E-state index in [-0.39, 0.29) is 5.91 Å². The van der Waals surface area contributed by atoms with Crippen LogP contribution in [-0.2, 0) is 0 Å². The van der Waals surface area contributed by atoms with E-state index in [0.29, 0.717) is 18.1 Å². The summed E-state index contributed by atoms with van der Waals surface area (Å²) < 4.78 is 5.43. The first-order valence-electron chi connectivity index (χ1n) is 10.6. The standard InChI is InChI=1S/C22H34N2O2/c1-2-26-21-10-8-20(9-11-21)22(25)23-16-18-12-14-24(15-13-18)17-19-6-4-3-5-7-19/h8-11,18-19H,2-7,12-17H2,1H3,(H,23,25)/p+1. The summed E-state index contributed by atoms with van der Waals surface area (Å²) in [5.74, 6) is 2.45. The van der Waals surface area contributed by atoms with Crippen LogP contribution in [0.2, 0.25) is 0 Å². The zero-order valence-corrected chi connectivity index (χ0v) is 16.3. The second-order valence-electron chi connectivity index (χ2n) is 8.07. The highest BCUT2D eigenvalue weighted by atomic mass is 16.5. The molecule has 0 atom stereocenters. The third kappa shape index (κ3) is 5.73. The van der Waals surface area contributed by atoms with Crippen LogP contribution in [-0.4, -0.2) is 38.7 Å². The molecule has 2 aliphatic rings. The highest BCUT2D eigenvalue weighted by molar-refractivity contribution is 5.94. The molecule has 1 aromatic rings. The second kappa shape index (κ2) is 9.96. The average molecular weight is 360 g/mol. The average Bonchev–Trinajstić information content (AvgIpc) is 2.69. The summed E-state index contributed by atoms with van der Waals surface area (Å²) in [6, 6.07) is 7.42. The van der Waals surface area contributed by atoms with E-state index in [1.807, 2.05) is 31.2 Å². The number of rotatable bonds is 7. The molecule has 26 heavy (non-hydrogen) atoms. The van der Waals surface area contributed by atoms with Crippen molar-refractivity contribution in [3.8, 4) is 5.75 Å². The van der Waals surface area contributed by atoms with Gasteiger partial charge in [-0.15, -0.1) is 0 Å². The molecule has 0 unspecified atom stereocenters. The van der Waals surface area contributed by atoms with Crippen LogP contribution in [0.5, 0.6) is 5.75 Å². The Morgan fingerprint density at radius 2 is 1.73 bits per heavy atom. The molecule has 144 valence electrons. The molecule has 0 spiro atoms. The molecule has 1 aliphatic heterocycles. The lowest BCUT2D eigenvalue weighted by Crippen LogP contribution is -3.13. The molecule has 1 heterocycles. The van der Waals surface area contributed by atoms with Gasteiger partial charge < -0.3 is 15.0 Å². The molecule has 4 nitrogen and oxygen atoms in total. The second-order valence-corrected chi connectivity index (χ2v) is 8.07. The van der Waals surface area contributed by atoms with Gasteiger partial charge in [0.1, 0.15) is 5.75 Å². The number of quaternary nitrogens is 1. The predicted octanol–water partition coefficient (Wildman–Crippen LogP) is 2.69. The van der Waals surface area contributed by atoms with Gasteiger partial charge in [-0.25, -0.2) is 0 Å². The van der Waals surface area contributed by atoms with E-state index >= 15 is 0 Å². The van der Waals surface area contributed by atoms with Crippen LogP contribution in [0.4, 0.5) is 0 Å². The van der Waals surface area contributed by atoms with Crippen molar-refractivity contribution in [3.63, 3.8) is 0 Å². The van der Waals surface area contributed by atoms with Crippen molar-refractivity contribution in [2.24, 2.45) is 11.8 Å². The summed E-state index contributed by atoms with van der Waals surface area (Å²) in [7, 11) is 0. The van der Waals surface area contributed by atoms with Crippen LogP contribution >= 0.6 is 0 Å². The number of carbonyl (C=O) groups is 1. The van der Waals surface area contributed by atoms with Crippen LogP contribution in [0, 0.1) is 11.8 Å². The molecule has 1 aromatic carbocycles. The van der Waals surface area contributed by atoms with Crippen molar-refractivity contribution in [2.45, 2.75) is 51.9 Å². The Kier molecular flexibility index (Phi) is 7.36. The van der Waals surface area contributed by atoms with Crippen molar-refractivity contribution < 1.29 is 14.4 Å². The van der Waals surface area contributed by atoms with Crippen LogP contribution in [0.3, 0.4) is 0 Å². The number of ether oxygens (including phenoxy) is 1. The van der Waals surface area contributed by atoms with Gasteiger partial charge in [0.05, 0.1) is 26.2 Å². The SMILES string of the molecule is CCOc1ccc(C(=O)NCC2CC[NH+](CC3CCCCC3)CC2)cc1. The number of carbonyl (C=O) groups excluding carboxylic acids is 1. The lowest BCUT2D eigenvalue weighted by atomic mass is 9.88. The minimum Gasteiger partial charge on any atom is -0.494 e. The van der Waals surface area contributed by atoms with Gasteiger partial charge in [-0.3, -0.25) is 4.79 Å². The van der Waals surface area contributed by atoms with Crippen LogP contribution in [0.1, 0.15) is 62.2 Å². The van der Waals surface area contributed by atoms with E-state index < -0.39 is 0 Å². The van der Waals surface area contributed by atoms with Gasteiger partial charge >= 0.3 is 0 Å². The molecule has 1 saturated heterocycles. The van der Waals surface area contributed by atoms with Crippen molar-refractivity contribution in [3.05, 3.63) is 29.8 Å². The molecule has 0 bridgehead atoms. The Balaban J connectivity index is 1.35. The number of benzene rings is 1. The van der Waals surface area contributed by atoms with Crippen molar-refractivity contribution >= 4 is 5.91 Å². The first-order valence-corrected chi connectivity index (χ1v) is 10.6. The van der Waals surface area contributed by atoms with E-state index in [2.05, 4.69) is 5.32 Å². The lowest BCUT2D eigenvalue weighted by Gasteiger charge is -2.32. The summed E-state index contributed by atoms with van der Waals surface area (Å²) in [5.41, 5.74) is 0.716. The van der Waals surface area contributed by atoms with Gasteiger partial charge in [0.25, 0.3) is 5.91 Å². The van der Waals surface area contributed by atoms with E-state index in [4.69, 9.17) is 4.74 Å². The zero-order chi connectivity index (χ0) is 18.2. The van der Waals surface area contributed by atoms with E-state index in [1.165, 1.54) is 64.6 Å². The number of hydrogen-bond donors (Lipinski definition) is 2. The molecule has 2 N–H and O–H groups in total. The van der Waals surface area contributed by atoms with Gasteiger partial charge in [0.2, 0.25) is 0 Å². The maximum atomic E-state index is 12.3. The third-order valence-corrected chi connectivity index (χ3v) is 6.09. The topological polar surface area (TPSA) is 42.8 Å². The minimum atomic E-state index is 0.0324. The maximum absolute atomic E-state index is 12.3. The molecule has 0 aromatic heterocycles. The van der Waals surface area contributed by atoms with E-state index in [0.717, 1.165) is 18.2 Å². The molecule has 0 radical (unpaired) electrons. The smallest absolute Gasteiger partial charge is 0.251 e. The summed E-state index contributed by atoms with van der Waals surface area (Å²) in [5, 5.41) is 3.13. The van der Waals surface area contributed by atoms with Gasteiger partial charge in [-0.1, -0.05) is 19.3 Å². The summed E-state index contributed by atoms with van der Waals surface area (Å²) >= 11 is 0. The molecule has 2 fully saturated rings. The predicted molar refractivity (Wildman–Crippen MR) is 105 cm³/mol. The summed E-state index contributed by atoms with van der Waals surface area (Å²) in [4.78, 5) is 14.1. The highest BCUT2D eigenvalue weighted by Gasteiger charge is 2.25.